The lowest BCUT2D eigenvalue weighted by atomic mass is 10.0. The van der Waals surface area contributed by atoms with Crippen LogP contribution in [0.25, 0.3) is 10.1 Å². The monoisotopic (exact) mass is 231 g/mol. The number of benzene rings is 1. The van der Waals surface area contributed by atoms with Gasteiger partial charge in [-0.15, -0.1) is 11.3 Å². The number of hydrogen-bond acceptors (Lipinski definition) is 2. The molecule has 1 aromatic heterocycles. The van der Waals surface area contributed by atoms with E-state index in [1.165, 1.54) is 33.4 Å². The van der Waals surface area contributed by atoms with Crippen molar-refractivity contribution in [3.8, 4) is 0 Å². The van der Waals surface area contributed by atoms with E-state index in [1.807, 2.05) is 11.3 Å². The molecule has 2 heteroatoms. The van der Waals surface area contributed by atoms with Crippen molar-refractivity contribution in [2.45, 2.75) is 32.2 Å². The first-order valence-corrected chi connectivity index (χ1v) is 6.83. The molecule has 1 aliphatic carbocycles. The van der Waals surface area contributed by atoms with Crippen LogP contribution in [-0.2, 0) is 6.42 Å². The van der Waals surface area contributed by atoms with Crippen LogP contribution in [0.2, 0.25) is 0 Å². The van der Waals surface area contributed by atoms with E-state index in [9.17, 15) is 0 Å². The van der Waals surface area contributed by atoms with E-state index in [1.54, 1.807) is 0 Å². The second-order valence-corrected chi connectivity index (χ2v) is 6.01. The van der Waals surface area contributed by atoms with Gasteiger partial charge in [0.2, 0.25) is 0 Å². The second-order valence-electron chi connectivity index (χ2n) is 4.93. The van der Waals surface area contributed by atoms with Gasteiger partial charge in [0.15, 0.2) is 0 Å². The average Bonchev–Trinajstić information content (AvgIpc) is 2.58. The highest BCUT2D eigenvalue weighted by Crippen LogP contribution is 2.40. The minimum Gasteiger partial charge on any atom is -0.323 e. The summed E-state index contributed by atoms with van der Waals surface area (Å²) in [7, 11) is 0. The number of thiophene rings is 1. The first-order valence-electron chi connectivity index (χ1n) is 6.01. The summed E-state index contributed by atoms with van der Waals surface area (Å²) in [6, 6.07) is 8.96. The minimum absolute atomic E-state index is 0.255. The van der Waals surface area contributed by atoms with E-state index >= 15 is 0 Å². The van der Waals surface area contributed by atoms with Crippen LogP contribution >= 0.6 is 11.3 Å². The Hall–Kier alpha value is -0.860. The van der Waals surface area contributed by atoms with Gasteiger partial charge in [-0.3, -0.25) is 0 Å². The van der Waals surface area contributed by atoms with E-state index in [-0.39, 0.29) is 6.04 Å². The van der Waals surface area contributed by atoms with Gasteiger partial charge in [-0.1, -0.05) is 25.1 Å². The lowest BCUT2D eigenvalue weighted by Crippen LogP contribution is -2.11. The maximum absolute atomic E-state index is 6.31. The number of aryl methyl sites for hydroxylation is 1. The third kappa shape index (κ3) is 1.57. The second kappa shape index (κ2) is 3.86. The normalized spacial score (nSPS) is 25.4. The topological polar surface area (TPSA) is 26.0 Å². The lowest BCUT2D eigenvalue weighted by molar-refractivity contribution is 0.466. The van der Waals surface area contributed by atoms with Gasteiger partial charge in [-0.25, -0.2) is 0 Å². The maximum Gasteiger partial charge on any atom is 0.0395 e. The average molecular weight is 231 g/mol. The van der Waals surface area contributed by atoms with Crippen molar-refractivity contribution in [2.24, 2.45) is 11.7 Å². The van der Waals surface area contributed by atoms with E-state index in [0.717, 1.165) is 12.3 Å². The molecule has 0 amide bonds. The highest BCUT2D eigenvalue weighted by molar-refractivity contribution is 7.19. The number of nitrogens with two attached hydrogens (primary N) is 1. The van der Waals surface area contributed by atoms with Crippen molar-refractivity contribution in [1.82, 2.24) is 0 Å². The van der Waals surface area contributed by atoms with Crippen molar-refractivity contribution >= 4 is 21.4 Å². The quantitative estimate of drug-likeness (QED) is 0.684. The summed E-state index contributed by atoms with van der Waals surface area (Å²) in [6.07, 6.45) is 3.62. The molecule has 2 atom stereocenters. The molecule has 2 aromatic rings. The van der Waals surface area contributed by atoms with Crippen molar-refractivity contribution < 1.29 is 0 Å². The Morgan fingerprint density at radius 2 is 2.12 bits per heavy atom. The fraction of sp³-hybridized carbons (Fsp3) is 0.429. The van der Waals surface area contributed by atoms with Crippen molar-refractivity contribution in [1.29, 1.82) is 0 Å². The highest BCUT2D eigenvalue weighted by atomic mass is 32.1. The largest absolute Gasteiger partial charge is 0.323 e. The summed E-state index contributed by atoms with van der Waals surface area (Å²) in [5, 5.41) is 1.44. The van der Waals surface area contributed by atoms with E-state index in [0.29, 0.717) is 0 Å². The van der Waals surface area contributed by atoms with Gasteiger partial charge < -0.3 is 5.73 Å². The summed E-state index contributed by atoms with van der Waals surface area (Å²) >= 11 is 1.90. The van der Waals surface area contributed by atoms with Crippen LogP contribution in [0.15, 0.2) is 24.3 Å². The van der Waals surface area contributed by atoms with Crippen molar-refractivity contribution in [3.05, 3.63) is 34.7 Å². The fourth-order valence-corrected chi connectivity index (χ4v) is 3.99. The molecule has 0 aliphatic heterocycles. The van der Waals surface area contributed by atoms with Gasteiger partial charge in [-0.05, 0) is 42.2 Å². The Bertz CT molecular complexity index is 514. The van der Waals surface area contributed by atoms with Gasteiger partial charge in [0.05, 0.1) is 0 Å². The van der Waals surface area contributed by atoms with E-state index in [2.05, 4.69) is 31.2 Å². The van der Waals surface area contributed by atoms with Crippen LogP contribution in [0, 0.1) is 5.92 Å². The smallest absolute Gasteiger partial charge is 0.0395 e. The zero-order valence-corrected chi connectivity index (χ0v) is 10.4. The summed E-state index contributed by atoms with van der Waals surface area (Å²) in [6.45, 7) is 2.32. The van der Waals surface area contributed by atoms with Gasteiger partial charge in [0.1, 0.15) is 0 Å². The first-order chi connectivity index (χ1) is 7.75. The predicted molar refractivity (Wildman–Crippen MR) is 70.9 cm³/mol. The molecule has 2 unspecified atom stereocenters. The molecular weight excluding hydrogens is 214 g/mol. The van der Waals surface area contributed by atoms with Gasteiger partial charge in [0.25, 0.3) is 0 Å². The van der Waals surface area contributed by atoms with Crippen LogP contribution < -0.4 is 5.73 Å². The zero-order valence-electron chi connectivity index (χ0n) is 9.57. The van der Waals surface area contributed by atoms with Gasteiger partial charge in [0, 0.05) is 15.6 Å². The molecule has 0 saturated carbocycles. The molecule has 0 fully saturated rings. The van der Waals surface area contributed by atoms with Crippen LogP contribution in [0.5, 0.6) is 0 Å². The van der Waals surface area contributed by atoms with Crippen LogP contribution in [0.3, 0.4) is 0 Å². The van der Waals surface area contributed by atoms with Crippen molar-refractivity contribution in [3.63, 3.8) is 0 Å². The Balaban J connectivity index is 2.19. The molecule has 1 aromatic carbocycles. The summed E-state index contributed by atoms with van der Waals surface area (Å²) < 4.78 is 1.40. The molecule has 0 saturated heterocycles. The SMILES string of the molecule is CC1CCc2c(sc3ccccc23)C(N)C1. The zero-order chi connectivity index (χ0) is 11.1. The fourth-order valence-electron chi connectivity index (χ4n) is 2.72. The predicted octanol–water partition coefficient (Wildman–Crippen LogP) is 3.87. The lowest BCUT2D eigenvalue weighted by Gasteiger charge is -2.11. The third-order valence-corrected chi connectivity index (χ3v) is 4.95. The molecule has 1 aliphatic rings. The van der Waals surface area contributed by atoms with Gasteiger partial charge in [-0.2, -0.15) is 0 Å². The molecule has 3 rings (SSSR count). The first kappa shape index (κ1) is 10.3. The molecule has 16 heavy (non-hydrogen) atoms. The van der Waals surface area contributed by atoms with E-state index < -0.39 is 0 Å². The van der Waals surface area contributed by atoms with Crippen LogP contribution in [0.1, 0.15) is 36.2 Å². The molecule has 1 heterocycles. The van der Waals surface area contributed by atoms with Gasteiger partial charge >= 0.3 is 0 Å². The Morgan fingerprint density at radius 3 is 3.00 bits per heavy atom. The molecule has 0 bridgehead atoms. The molecule has 2 N–H and O–H groups in total. The van der Waals surface area contributed by atoms with Crippen molar-refractivity contribution in [2.75, 3.05) is 0 Å². The number of hydrogen-bond donors (Lipinski definition) is 1. The molecule has 0 spiro atoms. The van der Waals surface area contributed by atoms with Crippen LogP contribution in [0.4, 0.5) is 0 Å². The minimum atomic E-state index is 0.255. The number of fused-ring (bicyclic) bond motifs is 3. The molecule has 0 radical (unpaired) electrons. The Morgan fingerprint density at radius 1 is 1.31 bits per heavy atom. The standard InChI is InChI=1S/C14H17NS/c1-9-6-7-11-10-4-2-3-5-13(10)16-14(11)12(15)8-9/h2-5,9,12H,6-8,15H2,1H3. The Kier molecular flexibility index (Phi) is 2.49. The third-order valence-electron chi connectivity index (χ3n) is 3.61. The maximum atomic E-state index is 6.31. The molecule has 84 valence electrons. The number of rotatable bonds is 0. The van der Waals surface area contributed by atoms with Crippen LogP contribution in [-0.4, -0.2) is 0 Å². The summed E-state index contributed by atoms with van der Waals surface area (Å²) in [4.78, 5) is 1.44. The van der Waals surface area contributed by atoms with E-state index in [4.69, 9.17) is 5.73 Å². The highest BCUT2D eigenvalue weighted by Gasteiger charge is 2.23. The molecule has 1 nitrogen and oxygen atoms in total. The summed E-state index contributed by atoms with van der Waals surface area (Å²) in [5.41, 5.74) is 7.84. The summed E-state index contributed by atoms with van der Waals surface area (Å²) in [5.74, 6) is 0.758. The Labute approximate surface area is 100 Å². The molecular formula is C14H17NS.